The number of alkyl halides is 3. The number of halogens is 3. The molecule has 0 saturated heterocycles. The van der Waals surface area contributed by atoms with Gasteiger partial charge < -0.3 is 10.4 Å². The number of hydrogen-bond donors (Lipinski definition) is 2. The Morgan fingerprint density at radius 1 is 1.47 bits per heavy atom. The van der Waals surface area contributed by atoms with E-state index in [9.17, 15) is 18.0 Å². The SMILES string of the molecule is Cc1ccc(CC(C)NCC(C(=O)O)C(F)(F)F)s1. The van der Waals surface area contributed by atoms with Gasteiger partial charge in [-0.25, -0.2) is 0 Å². The summed E-state index contributed by atoms with van der Waals surface area (Å²) in [6, 6.07) is 3.67. The molecule has 0 aliphatic heterocycles. The fraction of sp³-hybridized carbons (Fsp3) is 0.583. The Labute approximate surface area is 113 Å². The van der Waals surface area contributed by atoms with Crippen molar-refractivity contribution in [1.29, 1.82) is 0 Å². The molecule has 0 aliphatic carbocycles. The van der Waals surface area contributed by atoms with Gasteiger partial charge in [0.2, 0.25) is 0 Å². The van der Waals surface area contributed by atoms with Crippen molar-refractivity contribution in [3.63, 3.8) is 0 Å². The first-order valence-electron chi connectivity index (χ1n) is 5.78. The summed E-state index contributed by atoms with van der Waals surface area (Å²) in [6.07, 6.45) is -4.14. The summed E-state index contributed by atoms with van der Waals surface area (Å²) in [4.78, 5) is 12.8. The van der Waals surface area contributed by atoms with Crippen LogP contribution < -0.4 is 5.32 Å². The Kier molecular flexibility index (Phi) is 5.37. The van der Waals surface area contributed by atoms with Crippen LogP contribution in [0.3, 0.4) is 0 Å². The highest BCUT2D eigenvalue weighted by Gasteiger charge is 2.44. The maximum absolute atomic E-state index is 12.4. The van der Waals surface area contributed by atoms with Gasteiger partial charge in [-0.2, -0.15) is 13.2 Å². The summed E-state index contributed by atoms with van der Waals surface area (Å²) in [5, 5.41) is 11.2. The van der Waals surface area contributed by atoms with E-state index in [1.54, 1.807) is 18.3 Å². The minimum absolute atomic E-state index is 0.206. The predicted octanol–water partition coefficient (Wildman–Crippen LogP) is 2.84. The first kappa shape index (κ1) is 16.0. The van der Waals surface area contributed by atoms with Crippen LogP contribution in [0.25, 0.3) is 0 Å². The Morgan fingerprint density at radius 2 is 2.11 bits per heavy atom. The van der Waals surface area contributed by atoms with Gasteiger partial charge in [0.05, 0.1) is 0 Å². The standard InChI is InChI=1S/C12H16F3NO2S/c1-7(5-9-4-3-8(2)19-9)16-6-10(11(17)18)12(13,14)15/h3-4,7,10,16H,5-6H2,1-2H3,(H,17,18). The van der Waals surface area contributed by atoms with E-state index in [-0.39, 0.29) is 6.04 Å². The third kappa shape index (κ3) is 5.20. The highest BCUT2D eigenvalue weighted by Crippen LogP contribution is 2.26. The molecule has 1 aromatic heterocycles. The largest absolute Gasteiger partial charge is 0.481 e. The summed E-state index contributed by atoms with van der Waals surface area (Å²) in [7, 11) is 0. The zero-order valence-corrected chi connectivity index (χ0v) is 11.4. The maximum Gasteiger partial charge on any atom is 0.403 e. The van der Waals surface area contributed by atoms with Gasteiger partial charge in [-0.05, 0) is 32.4 Å². The predicted molar refractivity (Wildman–Crippen MR) is 67.4 cm³/mol. The molecule has 108 valence electrons. The van der Waals surface area contributed by atoms with Crippen molar-refractivity contribution in [1.82, 2.24) is 5.32 Å². The van der Waals surface area contributed by atoms with E-state index < -0.39 is 24.6 Å². The second-order valence-electron chi connectivity index (χ2n) is 4.46. The molecule has 2 unspecified atom stereocenters. The molecule has 0 fully saturated rings. The van der Waals surface area contributed by atoms with Crippen LogP contribution in [0.1, 0.15) is 16.7 Å². The Morgan fingerprint density at radius 3 is 2.53 bits per heavy atom. The highest BCUT2D eigenvalue weighted by molar-refractivity contribution is 7.11. The molecule has 0 saturated carbocycles. The molecule has 0 aliphatic rings. The number of nitrogens with one attached hydrogen (secondary N) is 1. The smallest absolute Gasteiger partial charge is 0.403 e. The number of carboxylic acid groups (broad SMARTS) is 1. The number of hydrogen-bond acceptors (Lipinski definition) is 3. The Balaban J connectivity index is 2.48. The molecular weight excluding hydrogens is 279 g/mol. The quantitative estimate of drug-likeness (QED) is 0.848. The molecular formula is C12H16F3NO2S. The fourth-order valence-electron chi connectivity index (χ4n) is 1.63. The number of aliphatic carboxylic acids is 1. The van der Waals surface area contributed by atoms with Gasteiger partial charge in [0.25, 0.3) is 0 Å². The van der Waals surface area contributed by atoms with Gasteiger partial charge in [0.1, 0.15) is 0 Å². The summed E-state index contributed by atoms with van der Waals surface area (Å²) in [5.41, 5.74) is 0. The van der Waals surface area contributed by atoms with Crippen LogP contribution in [-0.2, 0) is 11.2 Å². The molecule has 2 atom stereocenters. The molecule has 0 radical (unpaired) electrons. The van der Waals surface area contributed by atoms with E-state index in [2.05, 4.69) is 5.32 Å². The van der Waals surface area contributed by atoms with Gasteiger partial charge in [0.15, 0.2) is 5.92 Å². The maximum atomic E-state index is 12.4. The molecule has 1 heterocycles. The van der Waals surface area contributed by atoms with E-state index in [0.29, 0.717) is 6.42 Å². The van der Waals surface area contributed by atoms with E-state index in [0.717, 1.165) is 9.75 Å². The van der Waals surface area contributed by atoms with E-state index in [1.807, 2.05) is 19.1 Å². The molecule has 1 rings (SSSR count). The Hall–Kier alpha value is -1.08. The molecule has 3 nitrogen and oxygen atoms in total. The minimum Gasteiger partial charge on any atom is -0.481 e. The second kappa shape index (κ2) is 6.38. The van der Waals surface area contributed by atoms with Crippen molar-refractivity contribution in [2.24, 2.45) is 5.92 Å². The second-order valence-corrected chi connectivity index (χ2v) is 5.83. The average Bonchev–Trinajstić information content (AvgIpc) is 2.61. The topological polar surface area (TPSA) is 49.3 Å². The molecule has 0 amide bonds. The molecule has 0 bridgehead atoms. The highest BCUT2D eigenvalue weighted by atomic mass is 32.1. The van der Waals surface area contributed by atoms with Gasteiger partial charge in [0, 0.05) is 22.3 Å². The van der Waals surface area contributed by atoms with Gasteiger partial charge in [-0.1, -0.05) is 0 Å². The summed E-state index contributed by atoms with van der Waals surface area (Å²) < 4.78 is 37.3. The minimum atomic E-state index is -4.72. The van der Waals surface area contributed by atoms with E-state index in [4.69, 9.17) is 5.11 Å². The lowest BCUT2D eigenvalue weighted by molar-refractivity contribution is -0.192. The van der Waals surface area contributed by atoms with Crippen LogP contribution in [0, 0.1) is 12.8 Å². The number of aryl methyl sites for hydroxylation is 1. The van der Waals surface area contributed by atoms with E-state index >= 15 is 0 Å². The van der Waals surface area contributed by atoms with Crippen LogP contribution in [0.5, 0.6) is 0 Å². The number of rotatable bonds is 6. The van der Waals surface area contributed by atoms with Crippen molar-refractivity contribution in [2.75, 3.05) is 6.54 Å². The molecule has 0 aromatic carbocycles. The molecule has 1 aromatic rings. The lowest BCUT2D eigenvalue weighted by Gasteiger charge is -2.19. The summed E-state index contributed by atoms with van der Waals surface area (Å²) in [6.45, 7) is 3.09. The molecule has 2 N–H and O–H groups in total. The number of thiophene rings is 1. The monoisotopic (exact) mass is 295 g/mol. The number of carboxylic acids is 1. The summed E-state index contributed by atoms with van der Waals surface area (Å²) in [5.74, 6) is -4.21. The Bertz CT molecular complexity index is 431. The van der Waals surface area contributed by atoms with Gasteiger partial charge >= 0.3 is 12.1 Å². The third-order valence-corrected chi connectivity index (χ3v) is 3.69. The lowest BCUT2D eigenvalue weighted by Crippen LogP contribution is -2.42. The first-order chi connectivity index (χ1) is 8.70. The van der Waals surface area contributed by atoms with Crippen molar-refractivity contribution in [3.8, 4) is 0 Å². The van der Waals surface area contributed by atoms with Crippen molar-refractivity contribution >= 4 is 17.3 Å². The average molecular weight is 295 g/mol. The van der Waals surface area contributed by atoms with Gasteiger partial charge in [-0.15, -0.1) is 11.3 Å². The van der Waals surface area contributed by atoms with Crippen molar-refractivity contribution in [2.45, 2.75) is 32.5 Å². The van der Waals surface area contributed by atoms with Crippen molar-refractivity contribution < 1.29 is 23.1 Å². The third-order valence-electron chi connectivity index (χ3n) is 2.67. The van der Waals surface area contributed by atoms with E-state index in [1.165, 1.54) is 0 Å². The van der Waals surface area contributed by atoms with Crippen molar-refractivity contribution in [3.05, 3.63) is 21.9 Å². The van der Waals surface area contributed by atoms with Crippen LogP contribution in [0.4, 0.5) is 13.2 Å². The fourth-order valence-corrected chi connectivity index (χ4v) is 2.65. The van der Waals surface area contributed by atoms with Crippen LogP contribution in [0.2, 0.25) is 0 Å². The molecule has 0 spiro atoms. The lowest BCUT2D eigenvalue weighted by atomic mass is 10.1. The zero-order chi connectivity index (χ0) is 14.6. The number of carbonyl (C=O) groups is 1. The van der Waals surface area contributed by atoms with Crippen LogP contribution >= 0.6 is 11.3 Å². The normalized spacial score (nSPS) is 15.2. The molecule has 19 heavy (non-hydrogen) atoms. The van der Waals surface area contributed by atoms with Crippen LogP contribution in [-0.4, -0.2) is 29.8 Å². The molecule has 7 heteroatoms. The van der Waals surface area contributed by atoms with Gasteiger partial charge in [-0.3, -0.25) is 4.79 Å². The van der Waals surface area contributed by atoms with Crippen LogP contribution in [0.15, 0.2) is 12.1 Å². The summed E-state index contributed by atoms with van der Waals surface area (Å²) >= 11 is 1.58. The zero-order valence-electron chi connectivity index (χ0n) is 10.6. The first-order valence-corrected chi connectivity index (χ1v) is 6.60.